The summed E-state index contributed by atoms with van der Waals surface area (Å²) in [6.07, 6.45) is 4.91. The van der Waals surface area contributed by atoms with Crippen LogP contribution in [0.25, 0.3) is 11.4 Å². The summed E-state index contributed by atoms with van der Waals surface area (Å²) in [5.74, 6) is -0.562. The van der Waals surface area contributed by atoms with Crippen LogP contribution in [0.3, 0.4) is 0 Å². The first kappa shape index (κ1) is 15.8. The van der Waals surface area contributed by atoms with E-state index in [0.29, 0.717) is 37.3 Å². The van der Waals surface area contributed by atoms with E-state index < -0.39 is 5.97 Å². The Morgan fingerprint density at radius 2 is 2.00 bits per heavy atom. The number of carboxylic acid groups (broad SMARTS) is 1. The average Bonchev–Trinajstić information content (AvgIpc) is 3.38. The Morgan fingerprint density at radius 1 is 1.24 bits per heavy atom. The molecular weight excluding hydrogens is 320 g/mol. The summed E-state index contributed by atoms with van der Waals surface area (Å²) in [6, 6.07) is 3.49. The lowest BCUT2D eigenvalue weighted by atomic mass is 10.0. The van der Waals surface area contributed by atoms with Gasteiger partial charge in [-0.05, 0) is 37.0 Å². The highest BCUT2D eigenvalue weighted by Crippen LogP contribution is 2.32. The number of pyridine rings is 1. The van der Waals surface area contributed by atoms with E-state index in [1.54, 1.807) is 30.1 Å². The number of fused-ring (bicyclic) bond motifs is 1. The van der Waals surface area contributed by atoms with E-state index in [1.807, 2.05) is 4.90 Å². The van der Waals surface area contributed by atoms with Crippen molar-refractivity contribution >= 4 is 11.9 Å². The van der Waals surface area contributed by atoms with Crippen LogP contribution in [0.15, 0.2) is 18.3 Å². The van der Waals surface area contributed by atoms with Crippen molar-refractivity contribution in [1.82, 2.24) is 19.7 Å². The topological polar surface area (TPSA) is 88.3 Å². The minimum absolute atomic E-state index is 0.185. The van der Waals surface area contributed by atoms with E-state index in [1.165, 1.54) is 0 Å². The van der Waals surface area contributed by atoms with Gasteiger partial charge >= 0.3 is 5.97 Å². The van der Waals surface area contributed by atoms with Crippen molar-refractivity contribution in [1.29, 1.82) is 0 Å². The second-order valence-electron chi connectivity index (χ2n) is 6.74. The van der Waals surface area contributed by atoms with Crippen molar-refractivity contribution in [2.75, 3.05) is 13.1 Å². The summed E-state index contributed by atoms with van der Waals surface area (Å²) in [6.45, 7) is 1.28. The van der Waals surface area contributed by atoms with Crippen LogP contribution in [0.5, 0.6) is 0 Å². The molecule has 1 aliphatic carbocycles. The molecule has 1 amide bonds. The number of aryl methyl sites for hydroxylation is 1. The highest BCUT2D eigenvalue weighted by atomic mass is 16.4. The van der Waals surface area contributed by atoms with Crippen LogP contribution >= 0.6 is 0 Å². The number of nitrogens with zero attached hydrogens (tertiary/aromatic N) is 4. The molecule has 130 valence electrons. The smallest absolute Gasteiger partial charge is 0.337 e. The Kier molecular flexibility index (Phi) is 3.78. The van der Waals surface area contributed by atoms with E-state index in [4.69, 9.17) is 0 Å². The number of carbonyl (C=O) groups excluding carboxylic acids is 1. The molecule has 0 aromatic carbocycles. The number of amides is 1. The maximum Gasteiger partial charge on any atom is 0.337 e. The maximum atomic E-state index is 12.3. The van der Waals surface area contributed by atoms with Crippen molar-refractivity contribution in [3.05, 3.63) is 35.2 Å². The van der Waals surface area contributed by atoms with Crippen molar-refractivity contribution in [2.24, 2.45) is 13.0 Å². The van der Waals surface area contributed by atoms with Crippen LogP contribution in [-0.4, -0.2) is 49.7 Å². The van der Waals surface area contributed by atoms with Crippen LogP contribution in [0.2, 0.25) is 0 Å². The van der Waals surface area contributed by atoms with Gasteiger partial charge in [0.05, 0.1) is 11.3 Å². The van der Waals surface area contributed by atoms with Crippen molar-refractivity contribution in [3.8, 4) is 11.4 Å². The summed E-state index contributed by atoms with van der Waals surface area (Å²) < 4.78 is 1.63. The number of aromatic carboxylic acids is 1. The molecule has 2 aromatic heterocycles. The van der Waals surface area contributed by atoms with Gasteiger partial charge in [-0.3, -0.25) is 9.48 Å². The predicted octanol–water partition coefficient (Wildman–Crippen LogP) is 1.52. The number of hydrogen-bond acceptors (Lipinski definition) is 4. The fraction of sp³-hybridized carbons (Fsp3) is 0.444. The van der Waals surface area contributed by atoms with Gasteiger partial charge in [-0.25, -0.2) is 9.78 Å². The molecule has 1 N–H and O–H groups in total. The lowest BCUT2D eigenvalue weighted by Gasteiger charge is -2.19. The molecule has 2 aliphatic rings. The molecule has 0 radical (unpaired) electrons. The Morgan fingerprint density at radius 3 is 2.64 bits per heavy atom. The number of aromatic nitrogens is 3. The number of rotatable bonds is 3. The van der Waals surface area contributed by atoms with E-state index in [2.05, 4.69) is 10.1 Å². The molecule has 7 heteroatoms. The zero-order valence-electron chi connectivity index (χ0n) is 14.1. The molecule has 2 aromatic rings. The Hall–Kier alpha value is -2.70. The van der Waals surface area contributed by atoms with Gasteiger partial charge in [0, 0.05) is 44.4 Å². The number of carbonyl (C=O) groups is 2. The summed E-state index contributed by atoms with van der Waals surface area (Å²) in [7, 11) is 1.77. The van der Waals surface area contributed by atoms with Gasteiger partial charge in [0.2, 0.25) is 5.91 Å². The maximum absolute atomic E-state index is 12.3. The fourth-order valence-corrected chi connectivity index (χ4v) is 3.41. The standard InChI is InChI=1S/C18H20N4O3/c1-21-15(4-7-19-21)16-13(18(24)25)10-12-5-8-22(9-6-14(12)20-16)17(23)11-2-3-11/h4,7,10-11H,2-3,5-6,8-9H2,1H3,(H,24,25). The number of carboxylic acids is 1. The SMILES string of the molecule is Cn1nccc1-c1nc2c(cc1C(=O)O)CCN(C(=O)C1CC1)CC2. The van der Waals surface area contributed by atoms with Gasteiger partial charge in [0.15, 0.2) is 0 Å². The molecule has 0 saturated heterocycles. The Balaban J connectivity index is 1.70. The van der Waals surface area contributed by atoms with Gasteiger partial charge in [0.25, 0.3) is 0 Å². The summed E-state index contributed by atoms with van der Waals surface area (Å²) in [5.41, 5.74) is 3.11. The lowest BCUT2D eigenvalue weighted by Crippen LogP contribution is -2.34. The normalized spacial score (nSPS) is 17.1. The molecule has 0 bridgehead atoms. The van der Waals surface area contributed by atoms with Crippen molar-refractivity contribution in [3.63, 3.8) is 0 Å². The first-order chi connectivity index (χ1) is 12.0. The van der Waals surface area contributed by atoms with Crippen LogP contribution in [0.4, 0.5) is 0 Å². The molecule has 1 fully saturated rings. The third kappa shape index (κ3) is 2.90. The van der Waals surface area contributed by atoms with Gasteiger partial charge < -0.3 is 10.0 Å². The summed E-state index contributed by atoms with van der Waals surface area (Å²) >= 11 is 0. The first-order valence-electron chi connectivity index (χ1n) is 8.58. The van der Waals surface area contributed by atoms with Gasteiger partial charge in [0.1, 0.15) is 5.69 Å². The van der Waals surface area contributed by atoms with Crippen LogP contribution in [0.1, 0.15) is 34.5 Å². The molecule has 1 saturated carbocycles. The van der Waals surface area contributed by atoms with E-state index >= 15 is 0 Å². The van der Waals surface area contributed by atoms with Crippen molar-refractivity contribution < 1.29 is 14.7 Å². The zero-order valence-corrected chi connectivity index (χ0v) is 14.1. The molecule has 0 unspecified atom stereocenters. The van der Waals surface area contributed by atoms with Gasteiger partial charge in [-0.2, -0.15) is 5.10 Å². The monoisotopic (exact) mass is 340 g/mol. The number of hydrogen-bond donors (Lipinski definition) is 1. The first-order valence-corrected chi connectivity index (χ1v) is 8.58. The predicted molar refractivity (Wildman–Crippen MR) is 90.1 cm³/mol. The summed E-state index contributed by atoms with van der Waals surface area (Å²) in [4.78, 5) is 30.7. The third-order valence-electron chi connectivity index (χ3n) is 4.99. The average molecular weight is 340 g/mol. The molecule has 0 atom stereocenters. The minimum atomic E-state index is -0.998. The second-order valence-corrected chi connectivity index (χ2v) is 6.74. The zero-order chi connectivity index (χ0) is 17.6. The lowest BCUT2D eigenvalue weighted by molar-refractivity contribution is -0.132. The molecule has 25 heavy (non-hydrogen) atoms. The Labute approximate surface area is 145 Å². The van der Waals surface area contributed by atoms with E-state index in [-0.39, 0.29) is 17.4 Å². The molecule has 4 rings (SSSR count). The molecule has 7 nitrogen and oxygen atoms in total. The molecule has 1 aliphatic heterocycles. The van der Waals surface area contributed by atoms with E-state index in [9.17, 15) is 14.7 Å². The Bertz CT molecular complexity index is 854. The van der Waals surface area contributed by atoms with Crippen LogP contribution in [-0.2, 0) is 24.7 Å². The van der Waals surface area contributed by atoms with Gasteiger partial charge in [-0.1, -0.05) is 0 Å². The van der Waals surface area contributed by atoms with E-state index in [0.717, 1.165) is 24.1 Å². The van der Waals surface area contributed by atoms with Crippen LogP contribution < -0.4 is 0 Å². The minimum Gasteiger partial charge on any atom is -0.478 e. The fourth-order valence-electron chi connectivity index (χ4n) is 3.41. The molecular formula is C18H20N4O3. The second kappa shape index (κ2) is 5.98. The van der Waals surface area contributed by atoms with Gasteiger partial charge in [-0.15, -0.1) is 0 Å². The summed E-state index contributed by atoms with van der Waals surface area (Å²) in [5, 5.41) is 13.7. The molecule has 3 heterocycles. The quantitative estimate of drug-likeness (QED) is 0.915. The highest BCUT2D eigenvalue weighted by molar-refractivity contribution is 5.94. The highest BCUT2D eigenvalue weighted by Gasteiger charge is 2.34. The third-order valence-corrected chi connectivity index (χ3v) is 4.99. The molecule has 0 spiro atoms. The largest absolute Gasteiger partial charge is 0.478 e. The van der Waals surface area contributed by atoms with Crippen molar-refractivity contribution in [2.45, 2.75) is 25.7 Å². The van der Waals surface area contributed by atoms with Crippen LogP contribution in [0, 0.1) is 5.92 Å².